The molecule has 0 aromatic heterocycles. The number of rotatable bonds is 8. The SMILES string of the molecule is CCCCCC(C)(C)CNC(C)C(=O)N1CCCCCC1. The quantitative estimate of drug-likeness (QED) is 0.687. The maximum Gasteiger partial charge on any atom is 0.239 e. The highest BCUT2D eigenvalue weighted by Gasteiger charge is 2.24. The molecule has 21 heavy (non-hydrogen) atoms. The first-order valence-corrected chi connectivity index (χ1v) is 8.98. The van der Waals surface area contributed by atoms with Crippen LogP contribution in [-0.2, 0) is 4.79 Å². The molecule has 124 valence electrons. The molecule has 1 amide bonds. The zero-order chi connectivity index (χ0) is 15.7. The van der Waals surface area contributed by atoms with Crippen molar-refractivity contribution < 1.29 is 4.79 Å². The highest BCUT2D eigenvalue weighted by Crippen LogP contribution is 2.23. The molecular formula is C18H36N2O. The third-order valence-corrected chi connectivity index (χ3v) is 4.63. The smallest absolute Gasteiger partial charge is 0.239 e. The van der Waals surface area contributed by atoms with Gasteiger partial charge in [0.15, 0.2) is 0 Å². The van der Waals surface area contributed by atoms with Crippen molar-refractivity contribution in [3.05, 3.63) is 0 Å². The molecule has 0 radical (unpaired) electrons. The number of hydrogen-bond acceptors (Lipinski definition) is 2. The summed E-state index contributed by atoms with van der Waals surface area (Å²) in [4.78, 5) is 14.6. The Kier molecular flexibility index (Phi) is 8.31. The summed E-state index contributed by atoms with van der Waals surface area (Å²) in [5, 5.41) is 3.48. The van der Waals surface area contributed by atoms with Crippen LogP contribution in [0, 0.1) is 5.41 Å². The van der Waals surface area contributed by atoms with E-state index in [1.807, 2.05) is 6.92 Å². The van der Waals surface area contributed by atoms with Crippen LogP contribution in [0.2, 0.25) is 0 Å². The molecule has 0 spiro atoms. The molecule has 0 aliphatic carbocycles. The van der Waals surface area contributed by atoms with E-state index in [-0.39, 0.29) is 11.5 Å². The lowest BCUT2D eigenvalue weighted by atomic mass is 9.86. The van der Waals surface area contributed by atoms with Gasteiger partial charge in [-0.3, -0.25) is 4.79 Å². The number of likely N-dealkylation sites (tertiary alicyclic amines) is 1. The number of nitrogens with one attached hydrogen (secondary N) is 1. The summed E-state index contributed by atoms with van der Waals surface area (Å²) in [5.74, 6) is 0.293. The van der Waals surface area contributed by atoms with E-state index in [1.54, 1.807) is 0 Å². The monoisotopic (exact) mass is 296 g/mol. The molecule has 1 aliphatic rings. The Balaban J connectivity index is 2.33. The van der Waals surface area contributed by atoms with Gasteiger partial charge in [0.25, 0.3) is 0 Å². The van der Waals surface area contributed by atoms with E-state index in [1.165, 1.54) is 51.4 Å². The topological polar surface area (TPSA) is 32.3 Å². The van der Waals surface area contributed by atoms with Gasteiger partial charge in [-0.15, -0.1) is 0 Å². The van der Waals surface area contributed by atoms with Crippen LogP contribution in [0.25, 0.3) is 0 Å². The summed E-state index contributed by atoms with van der Waals surface area (Å²) in [7, 11) is 0. The van der Waals surface area contributed by atoms with Gasteiger partial charge in [-0.1, -0.05) is 52.9 Å². The molecule has 1 fully saturated rings. The molecule has 1 saturated heterocycles. The lowest BCUT2D eigenvalue weighted by Gasteiger charge is -2.29. The van der Waals surface area contributed by atoms with Crippen molar-refractivity contribution in [2.24, 2.45) is 5.41 Å². The summed E-state index contributed by atoms with van der Waals surface area (Å²) in [5.41, 5.74) is 0.280. The number of unbranched alkanes of at least 4 members (excludes halogenated alkanes) is 2. The second-order valence-corrected chi connectivity index (χ2v) is 7.46. The molecule has 1 heterocycles. The minimum absolute atomic E-state index is 0.0476. The number of amides is 1. The molecule has 1 atom stereocenters. The summed E-state index contributed by atoms with van der Waals surface area (Å²) < 4.78 is 0. The molecule has 3 nitrogen and oxygen atoms in total. The van der Waals surface area contributed by atoms with Crippen molar-refractivity contribution in [3.8, 4) is 0 Å². The van der Waals surface area contributed by atoms with E-state index in [0.717, 1.165) is 19.6 Å². The molecular weight excluding hydrogens is 260 g/mol. The predicted octanol–water partition coefficient (Wildman–Crippen LogP) is 3.97. The first-order valence-electron chi connectivity index (χ1n) is 8.98. The van der Waals surface area contributed by atoms with Gasteiger partial charge in [-0.25, -0.2) is 0 Å². The Hall–Kier alpha value is -0.570. The van der Waals surface area contributed by atoms with Crippen LogP contribution in [0.4, 0.5) is 0 Å². The summed E-state index contributed by atoms with van der Waals surface area (Å²) in [6.45, 7) is 11.7. The van der Waals surface area contributed by atoms with Gasteiger partial charge in [0.2, 0.25) is 5.91 Å². The Morgan fingerprint density at radius 2 is 1.76 bits per heavy atom. The van der Waals surface area contributed by atoms with Gasteiger partial charge < -0.3 is 10.2 Å². The fourth-order valence-corrected chi connectivity index (χ4v) is 3.02. The van der Waals surface area contributed by atoms with Gasteiger partial charge in [-0.2, -0.15) is 0 Å². The van der Waals surface area contributed by atoms with E-state index in [2.05, 4.69) is 31.0 Å². The number of carbonyl (C=O) groups is 1. The first kappa shape index (κ1) is 18.5. The minimum atomic E-state index is -0.0476. The molecule has 1 rings (SSSR count). The van der Waals surface area contributed by atoms with E-state index in [0.29, 0.717) is 5.91 Å². The summed E-state index contributed by atoms with van der Waals surface area (Å²) >= 11 is 0. The van der Waals surface area contributed by atoms with Crippen molar-refractivity contribution in [1.29, 1.82) is 0 Å². The zero-order valence-electron chi connectivity index (χ0n) is 14.7. The van der Waals surface area contributed by atoms with Crippen LogP contribution in [0.1, 0.15) is 79.1 Å². The van der Waals surface area contributed by atoms with Crippen LogP contribution >= 0.6 is 0 Å². The molecule has 1 N–H and O–H groups in total. The molecule has 0 saturated carbocycles. The van der Waals surface area contributed by atoms with Gasteiger partial charge in [-0.05, 0) is 31.6 Å². The molecule has 3 heteroatoms. The second-order valence-electron chi connectivity index (χ2n) is 7.46. The van der Waals surface area contributed by atoms with Crippen molar-refractivity contribution in [1.82, 2.24) is 10.2 Å². The van der Waals surface area contributed by atoms with Gasteiger partial charge in [0.1, 0.15) is 0 Å². The highest BCUT2D eigenvalue weighted by atomic mass is 16.2. The van der Waals surface area contributed by atoms with Crippen molar-refractivity contribution in [2.45, 2.75) is 85.1 Å². The molecule has 0 aromatic carbocycles. The lowest BCUT2D eigenvalue weighted by molar-refractivity contribution is -0.133. The van der Waals surface area contributed by atoms with Crippen LogP contribution < -0.4 is 5.32 Å². The fourth-order valence-electron chi connectivity index (χ4n) is 3.02. The maximum absolute atomic E-state index is 12.5. The molecule has 0 bridgehead atoms. The van der Waals surface area contributed by atoms with Gasteiger partial charge in [0, 0.05) is 19.6 Å². The fraction of sp³-hybridized carbons (Fsp3) is 0.944. The molecule has 1 unspecified atom stereocenters. The van der Waals surface area contributed by atoms with Crippen molar-refractivity contribution in [2.75, 3.05) is 19.6 Å². The lowest BCUT2D eigenvalue weighted by Crippen LogP contribution is -2.47. The van der Waals surface area contributed by atoms with Crippen LogP contribution in [-0.4, -0.2) is 36.5 Å². The zero-order valence-corrected chi connectivity index (χ0v) is 14.7. The summed E-state index contributed by atoms with van der Waals surface area (Å²) in [6, 6.07) is -0.0476. The third-order valence-electron chi connectivity index (χ3n) is 4.63. The Morgan fingerprint density at radius 3 is 2.33 bits per heavy atom. The van der Waals surface area contributed by atoms with Gasteiger partial charge >= 0.3 is 0 Å². The normalized spacial score (nSPS) is 18.4. The van der Waals surface area contributed by atoms with Crippen molar-refractivity contribution in [3.63, 3.8) is 0 Å². The first-order chi connectivity index (χ1) is 9.96. The van der Waals surface area contributed by atoms with Crippen LogP contribution in [0.3, 0.4) is 0 Å². The number of carbonyl (C=O) groups excluding carboxylic acids is 1. The van der Waals surface area contributed by atoms with E-state index >= 15 is 0 Å². The van der Waals surface area contributed by atoms with E-state index in [9.17, 15) is 4.79 Å². The maximum atomic E-state index is 12.5. The van der Waals surface area contributed by atoms with Crippen LogP contribution in [0.15, 0.2) is 0 Å². The Morgan fingerprint density at radius 1 is 1.14 bits per heavy atom. The van der Waals surface area contributed by atoms with Crippen molar-refractivity contribution >= 4 is 5.91 Å². The standard InChI is InChI=1S/C18H36N2O/c1-5-6-9-12-18(3,4)15-19-16(2)17(21)20-13-10-7-8-11-14-20/h16,19H,5-15H2,1-4H3. The van der Waals surface area contributed by atoms with E-state index in [4.69, 9.17) is 0 Å². The van der Waals surface area contributed by atoms with Gasteiger partial charge in [0.05, 0.1) is 6.04 Å². The number of hydrogen-bond donors (Lipinski definition) is 1. The molecule has 1 aliphatic heterocycles. The average molecular weight is 296 g/mol. The number of nitrogens with zero attached hydrogens (tertiary/aromatic N) is 1. The Bertz CT molecular complexity index is 294. The third kappa shape index (κ3) is 7.30. The minimum Gasteiger partial charge on any atom is -0.341 e. The van der Waals surface area contributed by atoms with E-state index < -0.39 is 0 Å². The Labute approximate surface area is 131 Å². The van der Waals surface area contributed by atoms with Crippen LogP contribution in [0.5, 0.6) is 0 Å². The highest BCUT2D eigenvalue weighted by molar-refractivity contribution is 5.81. The predicted molar refractivity (Wildman–Crippen MR) is 90.4 cm³/mol. The summed E-state index contributed by atoms with van der Waals surface area (Å²) in [6.07, 6.45) is 9.99. The largest absolute Gasteiger partial charge is 0.341 e. The molecule has 0 aromatic rings. The average Bonchev–Trinajstić information content (AvgIpc) is 2.73. The second kappa shape index (κ2) is 9.45.